The van der Waals surface area contributed by atoms with Crippen LogP contribution in [0.4, 0.5) is 11.4 Å². The highest BCUT2D eigenvalue weighted by Gasteiger charge is 2.16. The maximum Gasteiger partial charge on any atom is 0.271 e. The van der Waals surface area contributed by atoms with Crippen LogP contribution in [0, 0.1) is 10.1 Å². The number of nitro benzene ring substituents is 1. The van der Waals surface area contributed by atoms with Gasteiger partial charge in [-0.3, -0.25) is 14.9 Å². The molecule has 0 aliphatic rings. The van der Waals surface area contributed by atoms with Gasteiger partial charge in [0.2, 0.25) is 0 Å². The molecular weight excluding hydrogens is 341 g/mol. The molecule has 0 spiro atoms. The maximum absolute atomic E-state index is 12.1. The number of aromatic nitrogens is 1. The van der Waals surface area contributed by atoms with Crippen molar-refractivity contribution >= 4 is 52.1 Å². The molecule has 0 aliphatic heterocycles. The predicted molar refractivity (Wildman–Crippen MR) is 80.3 cm³/mol. The molecule has 0 saturated carbocycles. The number of nitro groups is 1. The van der Waals surface area contributed by atoms with Crippen molar-refractivity contribution in [3.63, 3.8) is 0 Å². The molecule has 0 fully saturated rings. The molecule has 1 aromatic carbocycles. The summed E-state index contributed by atoms with van der Waals surface area (Å²) in [5.74, 6) is -0.605. The molecule has 0 atom stereocenters. The van der Waals surface area contributed by atoms with E-state index in [1.165, 1.54) is 24.4 Å². The van der Waals surface area contributed by atoms with E-state index in [4.69, 9.17) is 34.8 Å². The molecule has 0 unspecified atom stereocenters. The van der Waals surface area contributed by atoms with Crippen molar-refractivity contribution in [3.8, 4) is 0 Å². The summed E-state index contributed by atoms with van der Waals surface area (Å²) in [4.78, 5) is 26.0. The summed E-state index contributed by atoms with van der Waals surface area (Å²) < 4.78 is 0. The molecule has 0 saturated heterocycles. The Morgan fingerprint density at radius 1 is 1.19 bits per heavy atom. The first-order chi connectivity index (χ1) is 9.88. The lowest BCUT2D eigenvalue weighted by atomic mass is 10.2. The normalized spacial score (nSPS) is 10.2. The van der Waals surface area contributed by atoms with Crippen LogP contribution < -0.4 is 5.32 Å². The fraction of sp³-hybridized carbons (Fsp3) is 0. The van der Waals surface area contributed by atoms with Crippen LogP contribution in [0.2, 0.25) is 15.2 Å². The topological polar surface area (TPSA) is 85.1 Å². The third kappa shape index (κ3) is 3.60. The van der Waals surface area contributed by atoms with Gasteiger partial charge in [0, 0.05) is 18.3 Å². The number of anilines is 1. The van der Waals surface area contributed by atoms with Crippen molar-refractivity contribution in [1.82, 2.24) is 4.98 Å². The van der Waals surface area contributed by atoms with Gasteiger partial charge in [-0.2, -0.15) is 0 Å². The maximum atomic E-state index is 12.1. The lowest BCUT2D eigenvalue weighted by Gasteiger charge is -2.08. The number of carbonyl (C=O) groups is 1. The van der Waals surface area contributed by atoms with Crippen molar-refractivity contribution in [2.45, 2.75) is 0 Å². The van der Waals surface area contributed by atoms with Crippen molar-refractivity contribution < 1.29 is 9.72 Å². The molecule has 6 nitrogen and oxygen atoms in total. The largest absolute Gasteiger partial charge is 0.320 e. The van der Waals surface area contributed by atoms with Crippen LogP contribution in [0.15, 0.2) is 30.5 Å². The van der Waals surface area contributed by atoms with E-state index >= 15 is 0 Å². The van der Waals surface area contributed by atoms with Crippen LogP contribution >= 0.6 is 34.8 Å². The number of pyridine rings is 1. The molecule has 21 heavy (non-hydrogen) atoms. The first-order valence-electron chi connectivity index (χ1n) is 5.45. The SMILES string of the molecule is O=C(Nc1cc([N+](=O)[O-])ccc1Cl)c1cc(Cl)ncc1Cl. The third-order valence-electron chi connectivity index (χ3n) is 2.48. The van der Waals surface area contributed by atoms with Gasteiger partial charge in [-0.1, -0.05) is 34.8 Å². The second-order valence-corrected chi connectivity index (χ2v) is 5.06. The fourth-order valence-corrected chi connectivity index (χ4v) is 2.01. The molecule has 1 heterocycles. The zero-order valence-electron chi connectivity index (χ0n) is 10.1. The van der Waals surface area contributed by atoms with Crippen LogP contribution in [-0.4, -0.2) is 15.8 Å². The molecule has 0 bridgehead atoms. The van der Waals surface area contributed by atoms with Crippen LogP contribution in [-0.2, 0) is 0 Å². The van der Waals surface area contributed by atoms with Crippen LogP contribution in [0.25, 0.3) is 0 Å². The minimum absolute atomic E-state index is 0.0826. The van der Waals surface area contributed by atoms with Crippen molar-refractivity contribution in [1.29, 1.82) is 0 Å². The van der Waals surface area contributed by atoms with Gasteiger partial charge in [-0.05, 0) is 12.1 Å². The van der Waals surface area contributed by atoms with Gasteiger partial charge >= 0.3 is 0 Å². The Morgan fingerprint density at radius 2 is 1.90 bits per heavy atom. The van der Waals surface area contributed by atoms with E-state index in [1.54, 1.807) is 0 Å². The Balaban J connectivity index is 2.33. The standard InChI is InChI=1S/C12H6Cl3N3O3/c13-8-2-1-6(18(20)21)3-10(8)17-12(19)7-4-11(15)16-5-9(7)14/h1-5H,(H,17,19). The zero-order chi connectivity index (χ0) is 15.6. The number of amides is 1. The molecule has 2 aromatic rings. The van der Waals surface area contributed by atoms with Gasteiger partial charge < -0.3 is 5.32 Å². The molecule has 108 valence electrons. The highest BCUT2D eigenvalue weighted by atomic mass is 35.5. The Hall–Kier alpha value is -1.89. The van der Waals surface area contributed by atoms with E-state index in [0.29, 0.717) is 0 Å². The average molecular weight is 347 g/mol. The first-order valence-corrected chi connectivity index (χ1v) is 6.58. The number of nitrogens with one attached hydrogen (secondary N) is 1. The lowest BCUT2D eigenvalue weighted by molar-refractivity contribution is -0.384. The minimum Gasteiger partial charge on any atom is -0.320 e. The highest BCUT2D eigenvalue weighted by Crippen LogP contribution is 2.28. The number of rotatable bonds is 3. The molecule has 1 amide bonds. The van der Waals surface area contributed by atoms with E-state index in [2.05, 4.69) is 10.3 Å². The summed E-state index contributed by atoms with van der Waals surface area (Å²) in [6.45, 7) is 0. The number of carbonyl (C=O) groups excluding carboxylic acids is 1. The summed E-state index contributed by atoms with van der Waals surface area (Å²) in [5.41, 5.74) is -0.0207. The molecular formula is C12H6Cl3N3O3. The monoisotopic (exact) mass is 345 g/mol. The third-order valence-corrected chi connectivity index (χ3v) is 3.31. The lowest BCUT2D eigenvalue weighted by Crippen LogP contribution is -2.13. The Morgan fingerprint density at radius 3 is 2.57 bits per heavy atom. The second-order valence-electron chi connectivity index (χ2n) is 3.86. The molecule has 1 aromatic heterocycles. The number of hydrogen-bond donors (Lipinski definition) is 1. The summed E-state index contributed by atoms with van der Waals surface area (Å²) in [6, 6.07) is 4.98. The zero-order valence-corrected chi connectivity index (χ0v) is 12.4. The van der Waals surface area contributed by atoms with E-state index in [9.17, 15) is 14.9 Å². The molecule has 0 radical (unpaired) electrons. The fourth-order valence-electron chi connectivity index (χ4n) is 1.50. The number of hydrogen-bond acceptors (Lipinski definition) is 4. The molecule has 0 aliphatic carbocycles. The highest BCUT2D eigenvalue weighted by molar-refractivity contribution is 6.36. The van der Waals surface area contributed by atoms with Gasteiger partial charge in [0.1, 0.15) is 5.15 Å². The quantitative estimate of drug-likeness (QED) is 0.512. The van der Waals surface area contributed by atoms with Crippen LogP contribution in [0.3, 0.4) is 0 Å². The van der Waals surface area contributed by atoms with E-state index in [1.807, 2.05) is 0 Å². The molecule has 9 heteroatoms. The van der Waals surface area contributed by atoms with Crippen molar-refractivity contribution in [2.75, 3.05) is 5.32 Å². The Labute approximate surface area is 133 Å². The summed E-state index contributed by atoms with van der Waals surface area (Å²) in [6.07, 6.45) is 1.23. The summed E-state index contributed by atoms with van der Waals surface area (Å²) >= 11 is 17.4. The van der Waals surface area contributed by atoms with Gasteiger partial charge in [-0.25, -0.2) is 4.98 Å². The van der Waals surface area contributed by atoms with Crippen LogP contribution in [0.1, 0.15) is 10.4 Å². The Bertz CT molecular complexity index is 737. The first kappa shape index (κ1) is 15.5. The summed E-state index contributed by atoms with van der Waals surface area (Å²) in [7, 11) is 0. The van der Waals surface area contributed by atoms with Crippen molar-refractivity contribution in [3.05, 3.63) is 61.3 Å². The summed E-state index contributed by atoms with van der Waals surface area (Å²) in [5, 5.41) is 13.5. The van der Waals surface area contributed by atoms with Gasteiger partial charge in [0.05, 0.1) is 26.2 Å². The van der Waals surface area contributed by atoms with E-state index < -0.39 is 10.8 Å². The average Bonchev–Trinajstić information content (AvgIpc) is 2.43. The van der Waals surface area contributed by atoms with Crippen LogP contribution in [0.5, 0.6) is 0 Å². The van der Waals surface area contributed by atoms with Crippen molar-refractivity contribution in [2.24, 2.45) is 0 Å². The molecule has 1 N–H and O–H groups in total. The Kier molecular flexibility index (Phi) is 4.62. The van der Waals surface area contributed by atoms with Gasteiger partial charge in [0.25, 0.3) is 11.6 Å². The van der Waals surface area contributed by atoms with Gasteiger partial charge in [-0.15, -0.1) is 0 Å². The number of halogens is 3. The molecule has 2 rings (SSSR count). The number of benzene rings is 1. The smallest absolute Gasteiger partial charge is 0.271 e. The minimum atomic E-state index is -0.605. The number of non-ortho nitro benzene ring substituents is 1. The van der Waals surface area contributed by atoms with E-state index in [0.717, 1.165) is 6.07 Å². The predicted octanol–water partition coefficient (Wildman–Crippen LogP) is 4.20. The second kappa shape index (κ2) is 6.26. The number of nitrogens with zero attached hydrogens (tertiary/aromatic N) is 2. The van der Waals surface area contributed by atoms with E-state index in [-0.39, 0.29) is 32.1 Å². The van der Waals surface area contributed by atoms with Gasteiger partial charge in [0.15, 0.2) is 0 Å².